The molecular weight excluding hydrogens is 366 g/mol. The molecule has 0 aromatic heterocycles. The largest absolute Gasteiger partial charge is 0.325 e. The summed E-state index contributed by atoms with van der Waals surface area (Å²) in [5.74, 6) is -0.392. The van der Waals surface area contributed by atoms with Crippen LogP contribution in [0.15, 0.2) is 18.2 Å². The molecule has 0 saturated carbocycles. The minimum Gasteiger partial charge on any atom is -0.325 e. The lowest BCUT2D eigenvalue weighted by molar-refractivity contribution is -0.124. The van der Waals surface area contributed by atoms with Gasteiger partial charge < -0.3 is 16.0 Å². The summed E-state index contributed by atoms with van der Waals surface area (Å²) in [5, 5.41) is 8.69. The standard InChI is InChI=1S/C23H37N3O3/c1-10-22(6,7)19(28)25-16-12-15(24-18(27)21(3,4)5)13-17(14-16)26-20(29)23(8,9)11-2/h12-14H,10-11H2,1-9H3,(H,24,27)(H,25,28)(H,26,29). The van der Waals surface area contributed by atoms with Gasteiger partial charge in [0.2, 0.25) is 17.7 Å². The predicted molar refractivity (Wildman–Crippen MR) is 120 cm³/mol. The van der Waals surface area contributed by atoms with Crippen LogP contribution in [0.4, 0.5) is 17.1 Å². The van der Waals surface area contributed by atoms with E-state index in [1.54, 1.807) is 18.2 Å². The number of nitrogens with one attached hydrogen (secondary N) is 3. The summed E-state index contributed by atoms with van der Waals surface area (Å²) in [7, 11) is 0. The monoisotopic (exact) mass is 403 g/mol. The molecule has 0 atom stereocenters. The summed E-state index contributed by atoms with van der Waals surface area (Å²) < 4.78 is 0. The van der Waals surface area contributed by atoms with Gasteiger partial charge in [0.25, 0.3) is 0 Å². The Hall–Kier alpha value is -2.37. The molecule has 0 aliphatic carbocycles. The summed E-state index contributed by atoms with van der Waals surface area (Å²) in [6.45, 7) is 16.9. The van der Waals surface area contributed by atoms with Gasteiger partial charge in [-0.3, -0.25) is 14.4 Å². The molecule has 1 rings (SSSR count). The third kappa shape index (κ3) is 6.87. The fourth-order valence-corrected chi connectivity index (χ4v) is 2.08. The van der Waals surface area contributed by atoms with Crippen molar-refractivity contribution in [1.82, 2.24) is 0 Å². The molecule has 6 nitrogen and oxygen atoms in total. The molecule has 29 heavy (non-hydrogen) atoms. The molecule has 0 aliphatic rings. The summed E-state index contributed by atoms with van der Waals surface area (Å²) >= 11 is 0. The van der Waals surface area contributed by atoms with Crippen molar-refractivity contribution < 1.29 is 14.4 Å². The third-order valence-electron chi connectivity index (χ3n) is 5.38. The minimum absolute atomic E-state index is 0.120. The van der Waals surface area contributed by atoms with Crippen LogP contribution in [0.1, 0.15) is 75.2 Å². The van der Waals surface area contributed by atoms with Crippen LogP contribution < -0.4 is 16.0 Å². The molecule has 3 N–H and O–H groups in total. The molecule has 0 bridgehead atoms. The van der Waals surface area contributed by atoms with E-state index < -0.39 is 16.2 Å². The molecule has 3 amide bonds. The fraction of sp³-hybridized carbons (Fsp3) is 0.609. The molecule has 0 saturated heterocycles. The highest BCUT2D eigenvalue weighted by Gasteiger charge is 2.28. The maximum Gasteiger partial charge on any atom is 0.230 e. The number of anilines is 3. The van der Waals surface area contributed by atoms with Gasteiger partial charge >= 0.3 is 0 Å². The lowest BCUT2D eigenvalue weighted by Crippen LogP contribution is -2.31. The van der Waals surface area contributed by atoms with Crippen molar-refractivity contribution in [2.24, 2.45) is 16.2 Å². The summed E-state index contributed by atoms with van der Waals surface area (Å²) in [6, 6.07) is 5.11. The zero-order valence-electron chi connectivity index (χ0n) is 19.4. The van der Waals surface area contributed by atoms with Crippen LogP contribution in [0.2, 0.25) is 0 Å². The summed E-state index contributed by atoms with van der Waals surface area (Å²) in [4.78, 5) is 37.6. The van der Waals surface area contributed by atoms with E-state index >= 15 is 0 Å². The minimum atomic E-state index is -0.572. The Morgan fingerprint density at radius 2 is 0.897 bits per heavy atom. The average molecular weight is 404 g/mol. The van der Waals surface area contributed by atoms with Crippen LogP contribution in [-0.4, -0.2) is 17.7 Å². The quantitative estimate of drug-likeness (QED) is 0.568. The van der Waals surface area contributed by atoms with Crippen molar-refractivity contribution in [2.45, 2.75) is 75.2 Å². The topological polar surface area (TPSA) is 87.3 Å². The molecule has 0 fully saturated rings. The number of carbonyl (C=O) groups is 3. The van der Waals surface area contributed by atoms with E-state index in [2.05, 4.69) is 16.0 Å². The van der Waals surface area contributed by atoms with Crippen LogP contribution in [0.25, 0.3) is 0 Å². The van der Waals surface area contributed by atoms with Crippen LogP contribution >= 0.6 is 0 Å². The molecule has 0 aliphatic heterocycles. The van der Waals surface area contributed by atoms with Crippen LogP contribution in [0.5, 0.6) is 0 Å². The molecule has 6 heteroatoms. The number of benzene rings is 1. The molecule has 162 valence electrons. The first-order valence-electron chi connectivity index (χ1n) is 10.2. The van der Waals surface area contributed by atoms with Crippen LogP contribution in [-0.2, 0) is 14.4 Å². The van der Waals surface area contributed by atoms with Crippen molar-refractivity contribution in [3.8, 4) is 0 Å². The third-order valence-corrected chi connectivity index (χ3v) is 5.38. The molecule has 1 aromatic carbocycles. The van der Waals surface area contributed by atoms with Gasteiger partial charge in [0, 0.05) is 33.3 Å². The molecule has 0 radical (unpaired) electrons. The zero-order valence-corrected chi connectivity index (χ0v) is 19.4. The van der Waals surface area contributed by atoms with Gasteiger partial charge in [-0.05, 0) is 31.0 Å². The van der Waals surface area contributed by atoms with Crippen molar-refractivity contribution in [3.63, 3.8) is 0 Å². The molecule has 1 aromatic rings. The molecule has 0 heterocycles. The van der Waals surface area contributed by atoms with E-state index in [0.717, 1.165) is 0 Å². The van der Waals surface area contributed by atoms with Gasteiger partial charge in [0.15, 0.2) is 0 Å². The average Bonchev–Trinajstić information content (AvgIpc) is 2.60. The molecule has 0 unspecified atom stereocenters. The Morgan fingerprint density at radius 3 is 1.14 bits per heavy atom. The van der Waals surface area contributed by atoms with Crippen molar-refractivity contribution in [2.75, 3.05) is 16.0 Å². The van der Waals surface area contributed by atoms with Gasteiger partial charge in [-0.25, -0.2) is 0 Å². The second-order valence-corrected chi connectivity index (χ2v) is 9.89. The normalized spacial score (nSPS) is 12.3. The van der Waals surface area contributed by atoms with E-state index in [4.69, 9.17) is 0 Å². The number of carbonyl (C=O) groups excluding carboxylic acids is 3. The molecule has 0 spiro atoms. The Labute approximate surface area is 175 Å². The van der Waals surface area contributed by atoms with Gasteiger partial charge in [-0.2, -0.15) is 0 Å². The van der Waals surface area contributed by atoms with Gasteiger partial charge in [-0.15, -0.1) is 0 Å². The first-order chi connectivity index (χ1) is 13.1. The van der Waals surface area contributed by atoms with Gasteiger partial charge in [0.1, 0.15) is 0 Å². The number of amides is 3. The Bertz CT molecular complexity index is 726. The van der Waals surface area contributed by atoms with Crippen molar-refractivity contribution in [1.29, 1.82) is 0 Å². The van der Waals surface area contributed by atoms with Crippen molar-refractivity contribution in [3.05, 3.63) is 18.2 Å². The lowest BCUT2D eigenvalue weighted by Gasteiger charge is -2.24. The SMILES string of the molecule is CCC(C)(C)C(=O)Nc1cc(NC(=O)C(C)(C)C)cc(NC(=O)C(C)(C)CC)c1. The lowest BCUT2D eigenvalue weighted by atomic mass is 9.89. The van der Waals surface area contributed by atoms with E-state index in [0.29, 0.717) is 29.9 Å². The summed E-state index contributed by atoms with van der Waals surface area (Å²) in [6.07, 6.45) is 1.38. The second kappa shape index (κ2) is 8.97. The molecular formula is C23H37N3O3. The number of hydrogen-bond donors (Lipinski definition) is 3. The van der Waals surface area contributed by atoms with Crippen LogP contribution in [0.3, 0.4) is 0 Å². The van der Waals surface area contributed by atoms with E-state index in [1.807, 2.05) is 62.3 Å². The maximum atomic E-state index is 12.6. The smallest absolute Gasteiger partial charge is 0.230 e. The van der Waals surface area contributed by atoms with Crippen LogP contribution in [0, 0.1) is 16.2 Å². The first-order valence-corrected chi connectivity index (χ1v) is 10.2. The number of hydrogen-bond acceptors (Lipinski definition) is 3. The highest BCUT2D eigenvalue weighted by molar-refractivity contribution is 6.00. The van der Waals surface area contributed by atoms with E-state index in [1.165, 1.54) is 0 Å². The second-order valence-electron chi connectivity index (χ2n) is 9.89. The van der Waals surface area contributed by atoms with E-state index in [9.17, 15) is 14.4 Å². The van der Waals surface area contributed by atoms with Gasteiger partial charge in [0.05, 0.1) is 0 Å². The highest BCUT2D eigenvalue weighted by atomic mass is 16.2. The maximum absolute atomic E-state index is 12.6. The highest BCUT2D eigenvalue weighted by Crippen LogP contribution is 2.29. The first kappa shape index (κ1) is 24.7. The van der Waals surface area contributed by atoms with E-state index in [-0.39, 0.29) is 17.7 Å². The summed E-state index contributed by atoms with van der Waals surface area (Å²) in [5.41, 5.74) is -0.0736. The van der Waals surface area contributed by atoms with Crippen molar-refractivity contribution >= 4 is 34.8 Å². The Morgan fingerprint density at radius 1 is 0.621 bits per heavy atom. The Balaban J connectivity index is 3.27. The number of rotatable bonds is 7. The Kier molecular flexibility index (Phi) is 7.63. The van der Waals surface area contributed by atoms with Gasteiger partial charge in [-0.1, -0.05) is 62.3 Å². The fourth-order valence-electron chi connectivity index (χ4n) is 2.08. The predicted octanol–water partition coefficient (Wildman–Crippen LogP) is 5.42. The zero-order chi connectivity index (χ0) is 22.6.